The average molecular weight is 532 g/mol. The van der Waals surface area contributed by atoms with Crippen LogP contribution in [0.4, 0.5) is 34.1 Å². The molecule has 0 aliphatic carbocycles. The Morgan fingerprint density at radius 1 is 0.775 bits per heavy atom. The first kappa shape index (κ1) is 25.3. The fourth-order valence-electron chi connectivity index (χ4n) is 4.64. The van der Waals surface area contributed by atoms with E-state index in [1.165, 1.54) is 0 Å². The minimum absolute atomic E-state index is 0.276. The Morgan fingerprint density at radius 3 is 2.33 bits per heavy atom. The van der Waals surface area contributed by atoms with Crippen LogP contribution in [0.1, 0.15) is 16.2 Å². The SMILES string of the molecule is Cc1cc(Nc2ccc(NC(=O)c3ccc(Nc4ccnc5ccc(N6CCOCC6)cc45)cn3)cc2)ccn1. The van der Waals surface area contributed by atoms with Crippen molar-refractivity contribution in [2.24, 2.45) is 0 Å². The normalized spacial score (nSPS) is 13.2. The number of hydrogen-bond acceptors (Lipinski definition) is 8. The molecule has 2 aromatic carbocycles. The van der Waals surface area contributed by atoms with Crippen molar-refractivity contribution in [3.05, 3.63) is 103 Å². The number of hydrogen-bond donors (Lipinski definition) is 3. The van der Waals surface area contributed by atoms with Gasteiger partial charge in [0.1, 0.15) is 5.69 Å². The Labute approximate surface area is 232 Å². The number of nitrogens with one attached hydrogen (secondary N) is 3. The molecule has 9 heteroatoms. The topological polar surface area (TPSA) is 104 Å². The standard InChI is InChI=1S/C31H29N7O2/c1-21-18-24(10-12-32-21)35-22-2-4-23(5-3-22)37-31(39)30-8-6-25(20-34-30)36-29-11-13-33-28-9-7-26(19-27(28)29)38-14-16-40-17-15-38/h2-13,18-20H,14-17H2,1H3,(H,32,35)(H,33,36)(H,37,39). The molecule has 6 rings (SSSR count). The van der Waals surface area contributed by atoms with Gasteiger partial charge in [-0.05, 0) is 79.7 Å². The zero-order chi connectivity index (χ0) is 27.3. The highest BCUT2D eigenvalue weighted by atomic mass is 16.5. The van der Waals surface area contributed by atoms with Gasteiger partial charge in [-0.2, -0.15) is 0 Å². The fraction of sp³-hybridized carbons (Fsp3) is 0.161. The van der Waals surface area contributed by atoms with Crippen LogP contribution in [-0.4, -0.2) is 47.2 Å². The molecule has 3 aromatic heterocycles. The summed E-state index contributed by atoms with van der Waals surface area (Å²) in [4.78, 5) is 28.3. The number of amides is 1. The van der Waals surface area contributed by atoms with Crippen molar-refractivity contribution in [1.82, 2.24) is 15.0 Å². The van der Waals surface area contributed by atoms with Gasteiger partial charge in [0.2, 0.25) is 0 Å². The number of carbonyl (C=O) groups excluding carboxylic acids is 1. The Balaban J connectivity index is 1.11. The number of aromatic nitrogens is 3. The highest BCUT2D eigenvalue weighted by Gasteiger charge is 2.13. The van der Waals surface area contributed by atoms with Gasteiger partial charge in [-0.25, -0.2) is 4.98 Å². The minimum Gasteiger partial charge on any atom is -0.378 e. The van der Waals surface area contributed by atoms with Crippen LogP contribution in [0.25, 0.3) is 10.9 Å². The Kier molecular flexibility index (Phi) is 7.19. The molecule has 4 heterocycles. The first-order chi connectivity index (χ1) is 19.6. The van der Waals surface area contributed by atoms with Gasteiger partial charge in [0.05, 0.1) is 30.6 Å². The first-order valence-electron chi connectivity index (χ1n) is 13.2. The van der Waals surface area contributed by atoms with Crippen LogP contribution in [0.3, 0.4) is 0 Å². The Morgan fingerprint density at radius 2 is 1.55 bits per heavy atom. The van der Waals surface area contributed by atoms with Crippen molar-refractivity contribution < 1.29 is 9.53 Å². The molecule has 40 heavy (non-hydrogen) atoms. The van der Waals surface area contributed by atoms with E-state index in [-0.39, 0.29) is 5.91 Å². The summed E-state index contributed by atoms with van der Waals surface area (Å²) in [5, 5.41) is 10.7. The summed E-state index contributed by atoms with van der Waals surface area (Å²) in [5.74, 6) is -0.276. The number of morpholine rings is 1. The average Bonchev–Trinajstić information content (AvgIpc) is 2.99. The van der Waals surface area contributed by atoms with Gasteiger partial charge < -0.3 is 25.6 Å². The highest BCUT2D eigenvalue weighted by molar-refractivity contribution is 6.03. The van der Waals surface area contributed by atoms with Crippen LogP contribution in [-0.2, 0) is 4.74 Å². The van der Waals surface area contributed by atoms with Crippen molar-refractivity contribution in [2.45, 2.75) is 6.92 Å². The molecule has 0 bridgehead atoms. The number of ether oxygens (including phenoxy) is 1. The summed E-state index contributed by atoms with van der Waals surface area (Å²) >= 11 is 0. The second-order valence-electron chi connectivity index (χ2n) is 9.56. The van der Waals surface area contributed by atoms with E-state index in [1.807, 2.05) is 61.5 Å². The van der Waals surface area contributed by atoms with Crippen LogP contribution >= 0.6 is 0 Å². The maximum absolute atomic E-state index is 12.8. The smallest absolute Gasteiger partial charge is 0.274 e. The summed E-state index contributed by atoms with van der Waals surface area (Å²) in [6.07, 6.45) is 5.21. The second-order valence-corrected chi connectivity index (χ2v) is 9.56. The van der Waals surface area contributed by atoms with Crippen molar-refractivity contribution in [2.75, 3.05) is 47.2 Å². The lowest BCUT2D eigenvalue weighted by atomic mass is 10.1. The summed E-state index contributed by atoms with van der Waals surface area (Å²) in [6.45, 7) is 5.15. The molecule has 0 unspecified atom stereocenters. The molecule has 0 spiro atoms. The number of nitrogens with zero attached hydrogens (tertiary/aromatic N) is 4. The van der Waals surface area contributed by atoms with Gasteiger partial charge in [-0.1, -0.05) is 0 Å². The molecule has 1 fully saturated rings. The first-order valence-corrected chi connectivity index (χ1v) is 13.2. The van der Waals surface area contributed by atoms with Crippen LogP contribution in [0.2, 0.25) is 0 Å². The zero-order valence-electron chi connectivity index (χ0n) is 22.1. The third-order valence-electron chi connectivity index (χ3n) is 6.70. The maximum Gasteiger partial charge on any atom is 0.274 e. The molecular formula is C31H29N7O2. The number of rotatable bonds is 7. The number of pyridine rings is 3. The fourth-order valence-corrected chi connectivity index (χ4v) is 4.64. The van der Waals surface area contributed by atoms with Crippen LogP contribution in [0.15, 0.2) is 91.4 Å². The third kappa shape index (κ3) is 5.84. The molecule has 1 saturated heterocycles. The lowest BCUT2D eigenvalue weighted by Crippen LogP contribution is -2.36. The Hall–Kier alpha value is -5.02. The van der Waals surface area contributed by atoms with Gasteiger partial charge >= 0.3 is 0 Å². The summed E-state index contributed by atoms with van der Waals surface area (Å²) in [5.41, 5.74) is 7.58. The molecule has 3 N–H and O–H groups in total. The van der Waals surface area contributed by atoms with E-state index < -0.39 is 0 Å². The second kappa shape index (κ2) is 11.4. The molecule has 200 valence electrons. The van der Waals surface area contributed by atoms with Gasteiger partial charge in [-0.15, -0.1) is 0 Å². The number of fused-ring (bicyclic) bond motifs is 1. The van der Waals surface area contributed by atoms with Gasteiger partial charge in [0, 0.05) is 65.0 Å². The van der Waals surface area contributed by atoms with Crippen molar-refractivity contribution in [3.63, 3.8) is 0 Å². The Bertz CT molecular complexity index is 1630. The molecule has 0 atom stereocenters. The monoisotopic (exact) mass is 531 g/mol. The number of carbonyl (C=O) groups is 1. The summed E-state index contributed by atoms with van der Waals surface area (Å²) < 4.78 is 5.49. The number of aryl methyl sites for hydroxylation is 1. The molecular weight excluding hydrogens is 502 g/mol. The van der Waals surface area contributed by atoms with E-state index >= 15 is 0 Å². The minimum atomic E-state index is -0.276. The predicted octanol–water partition coefficient (Wildman–Crippen LogP) is 5.91. The number of anilines is 6. The van der Waals surface area contributed by atoms with Crippen molar-refractivity contribution >= 4 is 50.9 Å². The van der Waals surface area contributed by atoms with E-state index in [4.69, 9.17) is 4.74 Å². The van der Waals surface area contributed by atoms with Gasteiger partial charge in [0.25, 0.3) is 5.91 Å². The molecule has 9 nitrogen and oxygen atoms in total. The summed E-state index contributed by atoms with van der Waals surface area (Å²) in [6, 6.07) is 23.2. The van der Waals surface area contributed by atoms with E-state index in [0.717, 1.165) is 71.3 Å². The molecule has 1 amide bonds. The van der Waals surface area contributed by atoms with E-state index in [1.54, 1.807) is 24.7 Å². The van der Waals surface area contributed by atoms with E-state index in [0.29, 0.717) is 11.4 Å². The van der Waals surface area contributed by atoms with Crippen molar-refractivity contribution in [1.29, 1.82) is 0 Å². The largest absolute Gasteiger partial charge is 0.378 e. The molecule has 1 aliphatic rings. The lowest BCUT2D eigenvalue weighted by Gasteiger charge is -2.29. The quantitative estimate of drug-likeness (QED) is 0.238. The molecule has 1 aliphatic heterocycles. The molecule has 0 saturated carbocycles. The van der Waals surface area contributed by atoms with Gasteiger partial charge in [-0.3, -0.25) is 14.8 Å². The number of benzene rings is 2. The summed E-state index contributed by atoms with van der Waals surface area (Å²) in [7, 11) is 0. The van der Waals surface area contributed by atoms with Crippen molar-refractivity contribution in [3.8, 4) is 0 Å². The third-order valence-corrected chi connectivity index (χ3v) is 6.70. The maximum atomic E-state index is 12.8. The van der Waals surface area contributed by atoms with Crippen LogP contribution < -0.4 is 20.9 Å². The molecule has 5 aromatic rings. The highest BCUT2D eigenvalue weighted by Crippen LogP contribution is 2.29. The van der Waals surface area contributed by atoms with E-state index in [9.17, 15) is 4.79 Å². The lowest BCUT2D eigenvalue weighted by molar-refractivity contribution is 0.102. The van der Waals surface area contributed by atoms with Gasteiger partial charge in [0.15, 0.2) is 0 Å². The zero-order valence-corrected chi connectivity index (χ0v) is 22.1. The van der Waals surface area contributed by atoms with Crippen LogP contribution in [0.5, 0.6) is 0 Å². The van der Waals surface area contributed by atoms with E-state index in [2.05, 4.69) is 47.9 Å². The van der Waals surface area contributed by atoms with Crippen LogP contribution in [0, 0.1) is 6.92 Å². The predicted molar refractivity (Wildman–Crippen MR) is 159 cm³/mol. The molecule has 0 radical (unpaired) electrons.